The van der Waals surface area contributed by atoms with E-state index in [2.05, 4.69) is 6.58 Å². The molecular formula is C14H21NO3S. The van der Waals surface area contributed by atoms with Crippen LogP contribution >= 0.6 is 0 Å². The van der Waals surface area contributed by atoms with Crippen molar-refractivity contribution in [1.29, 1.82) is 0 Å². The van der Waals surface area contributed by atoms with Crippen molar-refractivity contribution in [3.8, 4) is 5.75 Å². The van der Waals surface area contributed by atoms with Crippen molar-refractivity contribution in [3.63, 3.8) is 0 Å². The lowest BCUT2D eigenvalue weighted by molar-refractivity contribution is 0.317. The summed E-state index contributed by atoms with van der Waals surface area (Å²) in [6.07, 6.45) is 0.772. The molecule has 0 amide bonds. The molecular weight excluding hydrogens is 262 g/mol. The molecule has 19 heavy (non-hydrogen) atoms. The van der Waals surface area contributed by atoms with Crippen LogP contribution in [0.3, 0.4) is 0 Å². The van der Waals surface area contributed by atoms with Gasteiger partial charge in [-0.3, -0.25) is 0 Å². The van der Waals surface area contributed by atoms with E-state index in [9.17, 15) is 8.42 Å². The number of primary sulfonamides is 1. The highest BCUT2D eigenvalue weighted by Gasteiger charge is 2.14. The minimum Gasteiger partial charge on any atom is -0.493 e. The molecule has 4 nitrogen and oxygen atoms in total. The predicted octanol–water partition coefficient (Wildman–Crippen LogP) is 2.80. The molecule has 0 fully saturated rings. The van der Waals surface area contributed by atoms with Crippen molar-refractivity contribution in [2.45, 2.75) is 38.0 Å². The van der Waals surface area contributed by atoms with Crippen LogP contribution in [-0.2, 0) is 10.0 Å². The highest BCUT2D eigenvalue weighted by atomic mass is 32.2. The molecule has 0 saturated carbocycles. The van der Waals surface area contributed by atoms with Crippen LogP contribution in [0.4, 0.5) is 0 Å². The van der Waals surface area contributed by atoms with Crippen LogP contribution in [0.2, 0.25) is 0 Å². The van der Waals surface area contributed by atoms with E-state index >= 15 is 0 Å². The second-order valence-corrected chi connectivity index (χ2v) is 6.52. The van der Waals surface area contributed by atoms with Gasteiger partial charge in [0, 0.05) is 6.42 Å². The number of benzene rings is 1. The Labute approximate surface area is 115 Å². The minimum absolute atomic E-state index is 0.114. The van der Waals surface area contributed by atoms with Crippen LogP contribution in [-0.4, -0.2) is 15.0 Å². The normalized spacial score (nSPS) is 11.6. The molecule has 0 spiro atoms. The summed E-state index contributed by atoms with van der Waals surface area (Å²) in [6, 6.07) is 4.71. The lowest BCUT2D eigenvalue weighted by Gasteiger charge is -2.15. The zero-order valence-corrected chi connectivity index (χ0v) is 12.5. The van der Waals surface area contributed by atoms with Gasteiger partial charge in [0.1, 0.15) is 5.75 Å². The fourth-order valence-corrected chi connectivity index (χ4v) is 2.17. The third kappa shape index (κ3) is 4.69. The number of nitrogens with two attached hydrogens (primary N) is 1. The van der Waals surface area contributed by atoms with Gasteiger partial charge in [0.15, 0.2) is 0 Å². The first-order chi connectivity index (χ1) is 8.71. The Bertz CT molecular complexity index is 562. The van der Waals surface area contributed by atoms with Gasteiger partial charge in [0.05, 0.1) is 11.5 Å². The third-order valence-electron chi connectivity index (χ3n) is 2.72. The molecule has 106 valence electrons. The zero-order chi connectivity index (χ0) is 14.6. The van der Waals surface area contributed by atoms with Gasteiger partial charge >= 0.3 is 0 Å². The van der Waals surface area contributed by atoms with Crippen molar-refractivity contribution >= 4 is 10.0 Å². The van der Waals surface area contributed by atoms with Gasteiger partial charge in [0.25, 0.3) is 0 Å². The Balaban J connectivity index is 3.02. The summed E-state index contributed by atoms with van der Waals surface area (Å²) in [5.74, 6) is 0.852. The molecule has 0 unspecified atom stereocenters. The van der Waals surface area contributed by atoms with Gasteiger partial charge in [-0.2, -0.15) is 0 Å². The molecule has 0 bridgehead atoms. The predicted molar refractivity (Wildman–Crippen MR) is 76.8 cm³/mol. The Morgan fingerprint density at radius 1 is 1.42 bits per heavy atom. The van der Waals surface area contributed by atoms with Crippen molar-refractivity contribution in [1.82, 2.24) is 0 Å². The van der Waals surface area contributed by atoms with Crippen LogP contribution < -0.4 is 9.88 Å². The maximum atomic E-state index is 11.3. The average Bonchev–Trinajstić information content (AvgIpc) is 2.27. The van der Waals surface area contributed by atoms with E-state index in [1.54, 1.807) is 12.1 Å². The van der Waals surface area contributed by atoms with Crippen molar-refractivity contribution in [2.24, 2.45) is 5.14 Å². The molecule has 0 saturated heterocycles. The Morgan fingerprint density at radius 3 is 2.53 bits per heavy atom. The van der Waals surface area contributed by atoms with E-state index in [0.717, 1.165) is 17.6 Å². The highest BCUT2D eigenvalue weighted by molar-refractivity contribution is 7.89. The van der Waals surface area contributed by atoms with Crippen LogP contribution in [0, 0.1) is 0 Å². The first kappa shape index (κ1) is 15.7. The minimum atomic E-state index is -3.68. The lowest BCUT2D eigenvalue weighted by atomic mass is 10.0. The number of ether oxygens (including phenoxy) is 1. The number of hydrogen-bond donors (Lipinski definition) is 1. The van der Waals surface area contributed by atoms with Gasteiger partial charge in [-0.15, -0.1) is 6.58 Å². The smallest absolute Gasteiger partial charge is 0.238 e. The first-order valence-electron chi connectivity index (χ1n) is 6.15. The topological polar surface area (TPSA) is 69.4 Å². The Kier molecular flexibility index (Phi) is 5.14. The largest absolute Gasteiger partial charge is 0.493 e. The molecule has 2 N–H and O–H groups in total. The van der Waals surface area contributed by atoms with E-state index in [4.69, 9.17) is 9.88 Å². The highest BCUT2D eigenvalue weighted by Crippen LogP contribution is 2.29. The summed E-state index contributed by atoms with van der Waals surface area (Å²) in [5, 5.41) is 5.14. The Hall–Kier alpha value is -1.33. The molecule has 1 rings (SSSR count). The summed E-state index contributed by atoms with van der Waals surface area (Å²) in [6.45, 7) is 10.2. The molecule has 1 aromatic carbocycles. The molecule has 0 aliphatic heterocycles. The van der Waals surface area contributed by atoms with E-state index < -0.39 is 10.0 Å². The standard InChI is InChI=1S/C14H21NO3S/c1-10(2)7-8-18-14-6-5-12(19(15,16)17)9-13(14)11(3)4/h5-6,9,11H,1,7-8H2,2-4H3,(H2,15,16,17). The van der Waals surface area contributed by atoms with Crippen LogP contribution in [0.5, 0.6) is 5.75 Å². The van der Waals surface area contributed by atoms with Crippen LogP contribution in [0.25, 0.3) is 0 Å². The van der Waals surface area contributed by atoms with Gasteiger partial charge in [0.2, 0.25) is 10.0 Å². The number of rotatable bonds is 6. The number of sulfonamides is 1. The van der Waals surface area contributed by atoms with Gasteiger partial charge in [-0.25, -0.2) is 13.6 Å². The first-order valence-corrected chi connectivity index (χ1v) is 7.70. The summed E-state index contributed by atoms with van der Waals surface area (Å²) < 4.78 is 28.4. The van der Waals surface area contributed by atoms with E-state index in [1.807, 2.05) is 20.8 Å². The molecule has 0 aromatic heterocycles. The molecule has 0 atom stereocenters. The summed E-state index contributed by atoms with van der Waals surface area (Å²) in [4.78, 5) is 0.114. The summed E-state index contributed by atoms with van der Waals surface area (Å²) in [7, 11) is -3.68. The van der Waals surface area contributed by atoms with Crippen LogP contribution in [0.1, 0.15) is 38.7 Å². The molecule has 1 aromatic rings. The van der Waals surface area contributed by atoms with E-state index in [0.29, 0.717) is 12.4 Å². The molecule has 5 heteroatoms. The third-order valence-corrected chi connectivity index (χ3v) is 3.63. The van der Waals surface area contributed by atoms with E-state index in [-0.39, 0.29) is 10.8 Å². The lowest BCUT2D eigenvalue weighted by Crippen LogP contribution is -2.13. The second-order valence-electron chi connectivity index (χ2n) is 4.95. The van der Waals surface area contributed by atoms with Crippen molar-refractivity contribution in [2.75, 3.05) is 6.61 Å². The molecule has 0 aliphatic rings. The zero-order valence-electron chi connectivity index (χ0n) is 11.6. The SMILES string of the molecule is C=C(C)CCOc1ccc(S(N)(=O)=O)cc1C(C)C. The maximum absolute atomic E-state index is 11.3. The van der Waals surface area contributed by atoms with Gasteiger partial charge in [-0.05, 0) is 36.6 Å². The summed E-state index contributed by atoms with van der Waals surface area (Å²) in [5.41, 5.74) is 1.89. The molecule has 0 heterocycles. The molecule has 0 radical (unpaired) electrons. The van der Waals surface area contributed by atoms with Gasteiger partial charge < -0.3 is 4.74 Å². The average molecular weight is 283 g/mol. The van der Waals surface area contributed by atoms with E-state index in [1.165, 1.54) is 6.07 Å². The van der Waals surface area contributed by atoms with Gasteiger partial charge in [-0.1, -0.05) is 19.4 Å². The fourth-order valence-electron chi connectivity index (χ4n) is 1.62. The second kappa shape index (κ2) is 6.21. The molecule has 0 aliphatic carbocycles. The maximum Gasteiger partial charge on any atom is 0.238 e. The fraction of sp³-hybridized carbons (Fsp3) is 0.429. The quantitative estimate of drug-likeness (QED) is 0.816. The van der Waals surface area contributed by atoms with Crippen LogP contribution in [0.15, 0.2) is 35.2 Å². The monoisotopic (exact) mass is 283 g/mol. The van der Waals surface area contributed by atoms with Crippen molar-refractivity contribution in [3.05, 3.63) is 35.9 Å². The summed E-state index contributed by atoms with van der Waals surface area (Å²) >= 11 is 0. The van der Waals surface area contributed by atoms with Crippen molar-refractivity contribution < 1.29 is 13.2 Å². The Morgan fingerprint density at radius 2 is 2.05 bits per heavy atom. The number of hydrogen-bond acceptors (Lipinski definition) is 3.